The first-order chi connectivity index (χ1) is 9.38. The van der Waals surface area contributed by atoms with Crippen molar-refractivity contribution in [1.29, 1.82) is 0 Å². The molecule has 1 aromatic rings. The number of carbonyl (C=O) groups is 1. The first-order valence-electron chi connectivity index (χ1n) is 6.07. The first-order valence-corrected chi connectivity index (χ1v) is 7.92. The van der Waals surface area contributed by atoms with Crippen LogP contribution in [-0.2, 0) is 16.6 Å². The van der Waals surface area contributed by atoms with Gasteiger partial charge in [-0.25, -0.2) is 23.2 Å². The van der Waals surface area contributed by atoms with Crippen LogP contribution in [0, 0.1) is 0 Å². The zero-order chi connectivity index (χ0) is 14.8. The molecule has 0 unspecified atom stereocenters. The van der Waals surface area contributed by atoms with Crippen molar-refractivity contribution < 1.29 is 18.3 Å². The second kappa shape index (κ2) is 5.81. The molecule has 1 aromatic heterocycles. The Morgan fingerprint density at radius 1 is 1.35 bits per heavy atom. The van der Waals surface area contributed by atoms with Gasteiger partial charge in [-0.2, -0.15) is 4.31 Å². The summed E-state index contributed by atoms with van der Waals surface area (Å²) < 4.78 is 24.2. The summed E-state index contributed by atoms with van der Waals surface area (Å²) in [5.41, 5.74) is 0.526. The Kier molecular flexibility index (Phi) is 4.31. The summed E-state index contributed by atoms with van der Waals surface area (Å²) in [5, 5.41) is 9.06. The molecule has 0 amide bonds. The molecule has 0 atom stereocenters. The highest BCUT2D eigenvalue weighted by molar-refractivity contribution is 7.88. The van der Waals surface area contributed by atoms with Crippen LogP contribution in [0.1, 0.15) is 16.1 Å². The van der Waals surface area contributed by atoms with Crippen molar-refractivity contribution in [2.75, 3.05) is 32.4 Å². The highest BCUT2D eigenvalue weighted by Crippen LogP contribution is 2.11. The molecule has 2 rings (SSSR count). The molecule has 0 aromatic carbocycles. The summed E-state index contributed by atoms with van der Waals surface area (Å²) in [7, 11) is -3.16. The molecule has 0 saturated carbocycles. The minimum Gasteiger partial charge on any atom is -0.478 e. The van der Waals surface area contributed by atoms with Crippen LogP contribution < -0.4 is 0 Å². The van der Waals surface area contributed by atoms with Gasteiger partial charge >= 0.3 is 5.97 Å². The number of aromatic carboxylic acids is 1. The van der Waals surface area contributed by atoms with Crippen LogP contribution in [-0.4, -0.2) is 71.1 Å². The second-order valence-electron chi connectivity index (χ2n) is 4.63. The van der Waals surface area contributed by atoms with Crippen LogP contribution in [0.15, 0.2) is 12.5 Å². The van der Waals surface area contributed by atoms with Gasteiger partial charge in [-0.05, 0) is 0 Å². The summed E-state index contributed by atoms with van der Waals surface area (Å²) in [5.74, 6) is -1.06. The third-order valence-electron chi connectivity index (χ3n) is 3.20. The molecular weight excluding hydrogens is 284 g/mol. The maximum atomic E-state index is 11.4. The lowest BCUT2D eigenvalue weighted by atomic mass is 10.2. The Bertz CT molecular complexity index is 596. The van der Waals surface area contributed by atoms with Crippen LogP contribution in [0.4, 0.5) is 0 Å². The molecule has 0 bridgehead atoms. The fourth-order valence-electron chi connectivity index (χ4n) is 2.09. The number of hydrogen-bond donors (Lipinski definition) is 1. The molecule has 1 fully saturated rings. The summed E-state index contributed by atoms with van der Waals surface area (Å²) in [6.07, 6.45) is 3.78. The van der Waals surface area contributed by atoms with Gasteiger partial charge in [-0.15, -0.1) is 0 Å². The summed E-state index contributed by atoms with van der Waals surface area (Å²) in [4.78, 5) is 20.7. The Morgan fingerprint density at radius 3 is 2.55 bits per heavy atom. The number of sulfonamides is 1. The van der Waals surface area contributed by atoms with Gasteiger partial charge in [0, 0.05) is 38.9 Å². The third-order valence-corrected chi connectivity index (χ3v) is 4.50. The minimum atomic E-state index is -3.16. The monoisotopic (exact) mass is 300 g/mol. The van der Waals surface area contributed by atoms with E-state index < -0.39 is 16.0 Å². The number of aromatic nitrogens is 2. The van der Waals surface area contributed by atoms with E-state index in [0.717, 1.165) is 0 Å². The molecule has 1 saturated heterocycles. The highest BCUT2D eigenvalue weighted by Gasteiger charge is 2.24. The van der Waals surface area contributed by atoms with Gasteiger partial charge in [0.25, 0.3) is 0 Å². The lowest BCUT2D eigenvalue weighted by Crippen LogP contribution is -2.48. The normalized spacial score (nSPS) is 18.1. The van der Waals surface area contributed by atoms with Gasteiger partial charge in [-0.1, -0.05) is 0 Å². The average Bonchev–Trinajstić information content (AvgIpc) is 2.38. The number of carboxylic acid groups (broad SMARTS) is 1. The fourth-order valence-corrected chi connectivity index (χ4v) is 2.92. The molecule has 9 heteroatoms. The zero-order valence-corrected chi connectivity index (χ0v) is 11.9. The molecule has 0 aliphatic carbocycles. The Morgan fingerprint density at radius 2 is 2.00 bits per heavy atom. The number of carboxylic acids is 1. The van der Waals surface area contributed by atoms with Crippen molar-refractivity contribution in [2.24, 2.45) is 0 Å². The predicted molar refractivity (Wildman–Crippen MR) is 70.7 cm³/mol. The Labute approximate surface area is 117 Å². The smallest absolute Gasteiger partial charge is 0.339 e. The van der Waals surface area contributed by atoms with Crippen molar-refractivity contribution in [2.45, 2.75) is 6.54 Å². The van der Waals surface area contributed by atoms with Gasteiger partial charge in [0.15, 0.2) is 0 Å². The van der Waals surface area contributed by atoms with Gasteiger partial charge in [0.1, 0.15) is 11.9 Å². The van der Waals surface area contributed by atoms with E-state index in [1.165, 1.54) is 23.1 Å². The van der Waals surface area contributed by atoms with Crippen LogP contribution in [0.2, 0.25) is 0 Å². The third kappa shape index (κ3) is 3.50. The topological polar surface area (TPSA) is 104 Å². The molecule has 8 nitrogen and oxygen atoms in total. The molecule has 1 N–H and O–H groups in total. The summed E-state index contributed by atoms with van der Waals surface area (Å²) >= 11 is 0. The van der Waals surface area contributed by atoms with Crippen molar-refractivity contribution in [3.63, 3.8) is 0 Å². The standard InChI is InChI=1S/C11H16N4O4S/c1-20(18,19)15-4-2-14(3-5-15)7-10-9(11(16)17)6-12-8-13-10/h6,8H,2-5,7H2,1H3,(H,16,17). The Hall–Kier alpha value is -1.58. The lowest BCUT2D eigenvalue weighted by Gasteiger charge is -2.33. The van der Waals surface area contributed by atoms with Crippen LogP contribution in [0.3, 0.4) is 0 Å². The van der Waals surface area contributed by atoms with E-state index in [0.29, 0.717) is 38.4 Å². The van der Waals surface area contributed by atoms with Gasteiger partial charge in [0.2, 0.25) is 10.0 Å². The molecule has 0 spiro atoms. The maximum Gasteiger partial charge on any atom is 0.339 e. The Balaban J connectivity index is 2.02. The van der Waals surface area contributed by atoms with Crippen molar-refractivity contribution in [1.82, 2.24) is 19.2 Å². The quantitative estimate of drug-likeness (QED) is 0.780. The largest absolute Gasteiger partial charge is 0.478 e. The van der Waals surface area contributed by atoms with Crippen LogP contribution >= 0.6 is 0 Å². The minimum absolute atomic E-state index is 0.0815. The van der Waals surface area contributed by atoms with E-state index in [2.05, 4.69) is 9.97 Å². The van der Waals surface area contributed by atoms with E-state index in [4.69, 9.17) is 5.11 Å². The zero-order valence-electron chi connectivity index (χ0n) is 11.1. The van der Waals surface area contributed by atoms with E-state index >= 15 is 0 Å². The van der Waals surface area contributed by atoms with E-state index in [1.54, 1.807) is 0 Å². The number of nitrogens with zero attached hydrogens (tertiary/aromatic N) is 4. The molecule has 1 aliphatic heterocycles. The average molecular weight is 300 g/mol. The first kappa shape index (κ1) is 14.8. The van der Waals surface area contributed by atoms with Crippen molar-refractivity contribution in [3.05, 3.63) is 23.8 Å². The lowest BCUT2D eigenvalue weighted by molar-refractivity contribution is 0.0692. The van der Waals surface area contributed by atoms with Crippen molar-refractivity contribution in [3.8, 4) is 0 Å². The number of hydrogen-bond acceptors (Lipinski definition) is 6. The molecule has 2 heterocycles. The van der Waals surface area contributed by atoms with E-state index in [-0.39, 0.29) is 5.56 Å². The molecule has 20 heavy (non-hydrogen) atoms. The molecular formula is C11H16N4O4S. The number of piperazine rings is 1. The van der Waals surface area contributed by atoms with E-state index in [9.17, 15) is 13.2 Å². The summed E-state index contributed by atoms with van der Waals surface area (Å²) in [6.45, 7) is 2.30. The molecule has 0 radical (unpaired) electrons. The van der Waals surface area contributed by atoms with Gasteiger partial charge in [0.05, 0.1) is 11.9 Å². The molecule has 110 valence electrons. The van der Waals surface area contributed by atoms with Crippen LogP contribution in [0.5, 0.6) is 0 Å². The fraction of sp³-hybridized carbons (Fsp3) is 0.545. The molecule has 1 aliphatic rings. The SMILES string of the molecule is CS(=O)(=O)N1CCN(Cc2ncncc2C(=O)O)CC1. The highest BCUT2D eigenvalue weighted by atomic mass is 32.2. The van der Waals surface area contributed by atoms with Gasteiger partial charge in [-0.3, -0.25) is 4.90 Å². The second-order valence-corrected chi connectivity index (χ2v) is 6.61. The van der Waals surface area contributed by atoms with E-state index in [1.807, 2.05) is 4.90 Å². The summed E-state index contributed by atoms with van der Waals surface area (Å²) in [6, 6.07) is 0. The van der Waals surface area contributed by atoms with Crippen molar-refractivity contribution >= 4 is 16.0 Å². The maximum absolute atomic E-state index is 11.4. The van der Waals surface area contributed by atoms with Gasteiger partial charge < -0.3 is 5.11 Å². The van der Waals surface area contributed by atoms with Crippen LogP contribution in [0.25, 0.3) is 0 Å². The number of rotatable bonds is 4. The predicted octanol–water partition coefficient (Wildman–Crippen LogP) is -0.748.